The van der Waals surface area contributed by atoms with Crippen LogP contribution in [-0.2, 0) is 11.3 Å². The highest BCUT2D eigenvalue weighted by molar-refractivity contribution is 7.99. The van der Waals surface area contributed by atoms with E-state index in [9.17, 15) is 10.1 Å². The molecule has 1 aromatic heterocycles. The van der Waals surface area contributed by atoms with Gasteiger partial charge in [-0.3, -0.25) is 4.79 Å². The number of amides is 1. The number of nitriles is 1. The maximum atomic E-state index is 12.8. The number of nitrogens with zero attached hydrogens (tertiary/aromatic N) is 5. The van der Waals surface area contributed by atoms with E-state index in [0.29, 0.717) is 12.5 Å². The van der Waals surface area contributed by atoms with E-state index in [2.05, 4.69) is 35.3 Å². The summed E-state index contributed by atoms with van der Waals surface area (Å²) in [4.78, 5) is 14.5. The van der Waals surface area contributed by atoms with Gasteiger partial charge in [0.25, 0.3) is 0 Å². The van der Waals surface area contributed by atoms with Crippen LogP contribution in [-0.4, -0.2) is 43.9 Å². The highest BCUT2D eigenvalue weighted by atomic mass is 32.2. The van der Waals surface area contributed by atoms with Crippen molar-refractivity contribution in [1.82, 2.24) is 19.7 Å². The van der Waals surface area contributed by atoms with Crippen molar-refractivity contribution in [3.63, 3.8) is 0 Å². The van der Waals surface area contributed by atoms with Gasteiger partial charge in [0.1, 0.15) is 11.4 Å². The average Bonchev–Trinajstić information content (AvgIpc) is 3.07. The number of carbonyl (C=O) groups excluding carboxylic acids is 1. The summed E-state index contributed by atoms with van der Waals surface area (Å²) in [6, 6.07) is 12.6. The van der Waals surface area contributed by atoms with Gasteiger partial charge in [-0.15, -0.1) is 10.2 Å². The zero-order valence-electron chi connectivity index (χ0n) is 16.8. The molecule has 0 aliphatic heterocycles. The molecule has 3 rings (SSSR count). The van der Waals surface area contributed by atoms with Gasteiger partial charge in [-0.2, -0.15) is 5.26 Å². The minimum absolute atomic E-state index is 0.0342. The Morgan fingerprint density at radius 1 is 1.32 bits per heavy atom. The van der Waals surface area contributed by atoms with E-state index < -0.39 is 5.54 Å². The maximum absolute atomic E-state index is 12.8. The molecule has 0 unspecified atom stereocenters. The Labute approximate surface area is 170 Å². The molecule has 6 nitrogen and oxygen atoms in total. The number of thioether (sulfide) groups is 1. The Hall–Kier alpha value is -2.33. The zero-order chi connectivity index (χ0) is 20.1. The first-order valence-electron chi connectivity index (χ1n) is 9.69. The van der Waals surface area contributed by atoms with Crippen molar-refractivity contribution >= 4 is 17.7 Å². The average molecular weight is 398 g/mol. The molecule has 1 amide bonds. The molecule has 148 valence electrons. The van der Waals surface area contributed by atoms with Gasteiger partial charge in [0.05, 0.1) is 18.4 Å². The highest BCUT2D eigenvalue weighted by Crippen LogP contribution is 2.35. The molecule has 7 heteroatoms. The van der Waals surface area contributed by atoms with Gasteiger partial charge < -0.3 is 9.47 Å². The van der Waals surface area contributed by atoms with Crippen LogP contribution in [0.5, 0.6) is 0 Å². The van der Waals surface area contributed by atoms with Crippen molar-refractivity contribution < 1.29 is 4.79 Å². The Balaban J connectivity index is 1.66. The quantitative estimate of drug-likeness (QED) is 0.696. The van der Waals surface area contributed by atoms with E-state index in [1.54, 1.807) is 11.9 Å². The number of carbonyl (C=O) groups is 1. The molecule has 1 aromatic carbocycles. The Morgan fingerprint density at radius 3 is 2.64 bits per heavy atom. The van der Waals surface area contributed by atoms with Gasteiger partial charge in [-0.05, 0) is 44.1 Å². The molecule has 2 aromatic rings. The van der Waals surface area contributed by atoms with Gasteiger partial charge in [-0.25, -0.2) is 0 Å². The molecule has 0 spiro atoms. The first-order valence-corrected chi connectivity index (χ1v) is 10.7. The minimum atomic E-state index is -0.669. The summed E-state index contributed by atoms with van der Waals surface area (Å²) in [6.45, 7) is 4.80. The van der Waals surface area contributed by atoms with E-state index in [1.165, 1.54) is 11.8 Å². The third-order valence-corrected chi connectivity index (χ3v) is 6.69. The van der Waals surface area contributed by atoms with Crippen molar-refractivity contribution in [3.05, 3.63) is 41.7 Å². The summed E-state index contributed by atoms with van der Waals surface area (Å²) < 4.78 is 2.02. The Kier molecular flexibility index (Phi) is 6.40. The Bertz CT molecular complexity index is 849. The molecule has 0 N–H and O–H groups in total. The van der Waals surface area contributed by atoms with Crippen LogP contribution in [0.1, 0.15) is 44.0 Å². The SMILES string of the molecule is Cc1nnc(SCC(=O)N(C)C2(C#N)CCC(C)CC2)n1Cc1ccccc1. The van der Waals surface area contributed by atoms with Gasteiger partial charge in [-0.1, -0.05) is 49.0 Å². The van der Waals surface area contributed by atoms with Crippen molar-refractivity contribution in [2.24, 2.45) is 5.92 Å². The standard InChI is InChI=1S/C21H27N5OS/c1-16-9-11-21(15-22,12-10-16)25(3)19(27)14-28-20-24-23-17(2)26(20)13-18-7-5-4-6-8-18/h4-8,16H,9-14H2,1-3H3. The van der Waals surface area contributed by atoms with Crippen molar-refractivity contribution in [3.8, 4) is 6.07 Å². The number of hydrogen-bond donors (Lipinski definition) is 0. The lowest BCUT2D eigenvalue weighted by Gasteiger charge is -2.40. The second kappa shape index (κ2) is 8.78. The van der Waals surface area contributed by atoms with E-state index in [1.807, 2.05) is 29.7 Å². The summed E-state index contributed by atoms with van der Waals surface area (Å²) >= 11 is 1.39. The third kappa shape index (κ3) is 4.39. The number of hydrogen-bond acceptors (Lipinski definition) is 5. The number of aromatic nitrogens is 3. The van der Waals surface area contributed by atoms with Crippen molar-refractivity contribution in [1.29, 1.82) is 5.26 Å². The number of benzene rings is 1. The number of rotatable bonds is 6. The van der Waals surface area contributed by atoms with Crippen LogP contribution >= 0.6 is 11.8 Å². The largest absolute Gasteiger partial charge is 0.326 e. The summed E-state index contributed by atoms with van der Waals surface area (Å²) in [5.41, 5.74) is 0.494. The van der Waals surface area contributed by atoms with E-state index in [-0.39, 0.29) is 11.7 Å². The second-order valence-electron chi connectivity index (χ2n) is 7.67. The van der Waals surface area contributed by atoms with Crippen LogP contribution in [0.4, 0.5) is 0 Å². The lowest BCUT2D eigenvalue weighted by atomic mass is 9.77. The van der Waals surface area contributed by atoms with Crippen LogP contribution < -0.4 is 0 Å². The van der Waals surface area contributed by atoms with Crippen LogP contribution in [0.3, 0.4) is 0 Å². The molecule has 0 bridgehead atoms. The topological polar surface area (TPSA) is 74.8 Å². The molecule has 1 fully saturated rings. The third-order valence-electron chi connectivity index (χ3n) is 5.74. The fraction of sp³-hybridized carbons (Fsp3) is 0.524. The van der Waals surface area contributed by atoms with E-state index >= 15 is 0 Å². The lowest BCUT2D eigenvalue weighted by molar-refractivity contribution is -0.132. The van der Waals surface area contributed by atoms with Crippen molar-refractivity contribution in [2.45, 2.75) is 56.8 Å². The molecule has 28 heavy (non-hydrogen) atoms. The molecule has 1 aliphatic rings. The first kappa shape index (κ1) is 20.4. The molecular formula is C21H27N5OS. The van der Waals surface area contributed by atoms with Gasteiger partial charge in [0.2, 0.25) is 5.91 Å². The summed E-state index contributed by atoms with van der Waals surface area (Å²) in [5.74, 6) is 1.66. The van der Waals surface area contributed by atoms with Gasteiger partial charge >= 0.3 is 0 Å². The van der Waals surface area contributed by atoms with Crippen molar-refractivity contribution in [2.75, 3.05) is 12.8 Å². The predicted octanol–water partition coefficient (Wildman–Crippen LogP) is 3.66. The zero-order valence-corrected chi connectivity index (χ0v) is 17.6. The van der Waals surface area contributed by atoms with E-state index in [4.69, 9.17) is 0 Å². The van der Waals surface area contributed by atoms with Gasteiger partial charge in [0.15, 0.2) is 5.16 Å². The monoisotopic (exact) mass is 397 g/mol. The summed E-state index contributed by atoms with van der Waals surface area (Å²) in [7, 11) is 1.77. The van der Waals surface area contributed by atoms with Crippen LogP contribution in [0.15, 0.2) is 35.5 Å². The van der Waals surface area contributed by atoms with Crippen LogP contribution in [0.25, 0.3) is 0 Å². The Morgan fingerprint density at radius 2 is 2.00 bits per heavy atom. The minimum Gasteiger partial charge on any atom is -0.326 e. The van der Waals surface area contributed by atoms with Gasteiger partial charge in [0, 0.05) is 7.05 Å². The molecule has 0 radical (unpaired) electrons. The molecule has 0 saturated heterocycles. The lowest BCUT2D eigenvalue weighted by Crippen LogP contribution is -2.51. The normalized spacial score (nSPS) is 21.9. The van der Waals surface area contributed by atoms with Crippen LogP contribution in [0.2, 0.25) is 0 Å². The second-order valence-corrected chi connectivity index (χ2v) is 8.61. The summed E-state index contributed by atoms with van der Waals surface area (Å²) in [6.07, 6.45) is 3.48. The van der Waals surface area contributed by atoms with Crippen LogP contribution in [0, 0.1) is 24.2 Å². The first-order chi connectivity index (χ1) is 13.4. The summed E-state index contributed by atoms with van der Waals surface area (Å²) in [5, 5.41) is 18.9. The fourth-order valence-corrected chi connectivity index (χ4v) is 4.54. The molecule has 1 aliphatic carbocycles. The number of aryl methyl sites for hydroxylation is 1. The fourth-order valence-electron chi connectivity index (χ4n) is 3.64. The van der Waals surface area contributed by atoms with E-state index in [0.717, 1.165) is 42.2 Å². The molecule has 1 saturated carbocycles. The predicted molar refractivity (Wildman–Crippen MR) is 110 cm³/mol. The molecule has 1 heterocycles. The maximum Gasteiger partial charge on any atom is 0.234 e. The highest BCUT2D eigenvalue weighted by Gasteiger charge is 2.40. The molecular weight excluding hydrogens is 370 g/mol. The smallest absolute Gasteiger partial charge is 0.234 e. The molecule has 0 atom stereocenters.